The highest BCUT2D eigenvalue weighted by Gasteiger charge is 2.30. The van der Waals surface area contributed by atoms with Gasteiger partial charge in [0.15, 0.2) is 0 Å². The maximum Gasteiger partial charge on any atom is 0.472 e. The van der Waals surface area contributed by atoms with Gasteiger partial charge in [-0.1, -0.05) is 210 Å². The Morgan fingerprint density at radius 1 is 0.537 bits per heavy atom. The number of rotatable bonds is 49. The number of amides is 1. The molecule has 3 unspecified atom stereocenters. The number of hydrogen-bond acceptors (Lipinski definition) is 6. The molecule has 10 heteroatoms. The molecule has 67 heavy (non-hydrogen) atoms. The summed E-state index contributed by atoms with van der Waals surface area (Å²) in [6, 6.07) is -0.854. The SMILES string of the molecule is CC/C=C/C=C/C=C/CCCCCCCCCC(=O)OC(/C=C/CCCCCCCCCCC)C(COP(=O)(O)OCC[N+](C)(C)C)NC(=O)CCCCCCCCC/C=C\CCCCCC. The number of nitrogens with zero attached hydrogens (tertiary/aromatic N) is 1. The average molecular weight is 962 g/mol. The fourth-order valence-corrected chi connectivity index (χ4v) is 8.43. The molecule has 0 saturated heterocycles. The summed E-state index contributed by atoms with van der Waals surface area (Å²) in [6.45, 7) is 6.84. The van der Waals surface area contributed by atoms with Gasteiger partial charge in [-0.3, -0.25) is 18.6 Å². The summed E-state index contributed by atoms with van der Waals surface area (Å²) in [5, 5.41) is 3.04. The number of likely N-dealkylation sites (N-methyl/N-ethyl adjacent to an activating group) is 1. The molecule has 2 N–H and O–H groups in total. The third-order valence-electron chi connectivity index (χ3n) is 12.0. The Kier molecular flexibility index (Phi) is 45.8. The van der Waals surface area contributed by atoms with Crippen molar-refractivity contribution in [2.24, 2.45) is 0 Å². The summed E-state index contributed by atoms with van der Waals surface area (Å²) in [6.07, 6.45) is 57.8. The summed E-state index contributed by atoms with van der Waals surface area (Å²) >= 11 is 0. The monoisotopic (exact) mass is 962 g/mol. The van der Waals surface area contributed by atoms with Crippen LogP contribution in [0.5, 0.6) is 0 Å². The van der Waals surface area contributed by atoms with Crippen molar-refractivity contribution in [3.63, 3.8) is 0 Å². The van der Waals surface area contributed by atoms with E-state index in [1.807, 2.05) is 33.3 Å². The number of quaternary nitrogens is 1. The molecule has 0 saturated carbocycles. The fourth-order valence-electron chi connectivity index (χ4n) is 7.70. The quantitative estimate of drug-likeness (QED) is 0.0156. The van der Waals surface area contributed by atoms with E-state index >= 15 is 0 Å². The van der Waals surface area contributed by atoms with Crippen LogP contribution in [0.3, 0.4) is 0 Å². The molecule has 0 rings (SSSR count). The number of ether oxygens (including phenoxy) is 1. The van der Waals surface area contributed by atoms with Crippen LogP contribution < -0.4 is 5.32 Å². The van der Waals surface area contributed by atoms with E-state index in [0.717, 1.165) is 89.9 Å². The van der Waals surface area contributed by atoms with Crippen molar-refractivity contribution in [1.82, 2.24) is 5.32 Å². The zero-order valence-electron chi connectivity index (χ0n) is 44.4. The van der Waals surface area contributed by atoms with Crippen molar-refractivity contribution < 1.29 is 37.3 Å². The number of hydrogen-bond donors (Lipinski definition) is 2. The van der Waals surface area contributed by atoms with Gasteiger partial charge in [0, 0.05) is 12.8 Å². The Morgan fingerprint density at radius 3 is 1.48 bits per heavy atom. The van der Waals surface area contributed by atoms with Crippen molar-refractivity contribution in [2.75, 3.05) is 40.9 Å². The lowest BCUT2D eigenvalue weighted by molar-refractivity contribution is -0.870. The van der Waals surface area contributed by atoms with Crippen LogP contribution in [0.25, 0.3) is 0 Å². The molecule has 0 fully saturated rings. The van der Waals surface area contributed by atoms with Crippen molar-refractivity contribution in [3.8, 4) is 0 Å². The average Bonchev–Trinajstić information content (AvgIpc) is 3.28. The van der Waals surface area contributed by atoms with Crippen LogP contribution in [0.1, 0.15) is 239 Å². The predicted octanol–water partition coefficient (Wildman–Crippen LogP) is 16.3. The zero-order valence-corrected chi connectivity index (χ0v) is 45.3. The number of unbranched alkanes of at least 4 members (excludes halogenated alkanes) is 27. The Morgan fingerprint density at radius 2 is 0.970 bits per heavy atom. The predicted molar refractivity (Wildman–Crippen MR) is 286 cm³/mol. The lowest BCUT2D eigenvalue weighted by atomic mass is 10.1. The van der Waals surface area contributed by atoms with E-state index in [9.17, 15) is 19.0 Å². The molecular weight excluding hydrogens is 856 g/mol. The topological polar surface area (TPSA) is 111 Å². The number of phosphoric ester groups is 1. The van der Waals surface area contributed by atoms with E-state index in [2.05, 4.69) is 74.7 Å². The molecule has 0 aromatic heterocycles. The minimum atomic E-state index is -4.44. The lowest BCUT2D eigenvalue weighted by Gasteiger charge is -2.27. The highest BCUT2D eigenvalue weighted by Crippen LogP contribution is 2.43. The molecule has 0 aromatic rings. The molecule has 9 nitrogen and oxygen atoms in total. The van der Waals surface area contributed by atoms with E-state index in [4.69, 9.17) is 13.8 Å². The summed E-state index contributed by atoms with van der Waals surface area (Å²) < 4.78 is 30.5. The largest absolute Gasteiger partial charge is 0.472 e. The van der Waals surface area contributed by atoms with Gasteiger partial charge in [-0.25, -0.2) is 4.57 Å². The Bertz CT molecular complexity index is 1340. The van der Waals surface area contributed by atoms with Crippen molar-refractivity contribution in [1.29, 1.82) is 0 Å². The van der Waals surface area contributed by atoms with Crippen LogP contribution in [-0.4, -0.2) is 74.3 Å². The molecule has 0 spiro atoms. The highest BCUT2D eigenvalue weighted by molar-refractivity contribution is 7.47. The first-order valence-electron chi connectivity index (χ1n) is 27.6. The van der Waals surface area contributed by atoms with E-state index in [1.165, 1.54) is 116 Å². The van der Waals surface area contributed by atoms with Gasteiger partial charge in [0.1, 0.15) is 19.3 Å². The van der Waals surface area contributed by atoms with E-state index in [1.54, 1.807) is 0 Å². The Labute approximate surface area is 413 Å². The van der Waals surface area contributed by atoms with Crippen molar-refractivity contribution in [2.45, 2.75) is 251 Å². The van der Waals surface area contributed by atoms with E-state index in [-0.39, 0.29) is 31.5 Å². The first kappa shape index (κ1) is 64.7. The number of allylic oxidation sites excluding steroid dienone is 9. The zero-order chi connectivity index (χ0) is 49.4. The van der Waals surface area contributed by atoms with Gasteiger partial charge >= 0.3 is 13.8 Å². The van der Waals surface area contributed by atoms with E-state index in [0.29, 0.717) is 17.4 Å². The van der Waals surface area contributed by atoms with Gasteiger partial charge < -0.3 is 19.4 Å². The molecule has 0 radical (unpaired) electrons. The maximum absolute atomic E-state index is 13.5. The first-order valence-corrected chi connectivity index (χ1v) is 29.1. The molecule has 0 aliphatic heterocycles. The molecule has 0 aliphatic carbocycles. The standard InChI is InChI=1S/C57H105N2O7P/c1-7-10-13-16-19-22-25-27-29-31-34-37-40-43-46-49-56(60)58-54(53-65-67(62,63)64-52-51-59(4,5)6)55(48-45-42-39-36-33-24-21-18-15-12-9-3)66-57(61)50-47-44-41-38-35-32-30-28-26-23-20-17-14-11-8-2/h11,14,17,20,22-23,25-26,45,48,54-55H,7-10,12-13,15-16,18-19,21,24,27-44,46-47,49-53H2,1-6H3,(H-,58,60,62,63)/p+1/b14-11+,20-17+,25-22-,26-23+,48-45+. The normalized spacial score (nSPS) is 14.3. The minimum Gasteiger partial charge on any atom is -0.456 e. The summed E-state index contributed by atoms with van der Waals surface area (Å²) in [5.41, 5.74) is 0. The third kappa shape index (κ3) is 48.5. The van der Waals surface area contributed by atoms with E-state index < -0.39 is 20.0 Å². The second kappa shape index (κ2) is 47.4. The van der Waals surface area contributed by atoms with Crippen LogP contribution in [0, 0.1) is 0 Å². The number of phosphoric acid groups is 1. The summed E-state index contributed by atoms with van der Waals surface area (Å²) in [5.74, 6) is -0.525. The lowest BCUT2D eigenvalue weighted by Crippen LogP contribution is -2.47. The molecule has 1 amide bonds. The van der Waals surface area contributed by atoms with Crippen molar-refractivity contribution in [3.05, 3.63) is 60.8 Å². The molecular formula is C57H106N2O7P+. The second-order valence-corrected chi connectivity index (χ2v) is 21.2. The first-order chi connectivity index (χ1) is 32.4. The number of carbonyl (C=O) groups excluding carboxylic acids is 2. The van der Waals surface area contributed by atoms with Crippen LogP contribution in [-0.2, 0) is 27.9 Å². The molecule has 390 valence electrons. The maximum atomic E-state index is 13.5. The Hall–Kier alpha value is -2.29. The molecule has 0 aliphatic rings. The van der Waals surface area contributed by atoms with Crippen LogP contribution in [0.15, 0.2) is 60.8 Å². The van der Waals surface area contributed by atoms with Gasteiger partial charge in [-0.2, -0.15) is 0 Å². The minimum absolute atomic E-state index is 0.0359. The molecule has 0 heterocycles. The number of carbonyl (C=O) groups is 2. The van der Waals surface area contributed by atoms with Gasteiger partial charge in [-0.15, -0.1) is 0 Å². The van der Waals surface area contributed by atoms with Gasteiger partial charge in [0.25, 0.3) is 0 Å². The van der Waals surface area contributed by atoms with Gasteiger partial charge in [0.05, 0.1) is 33.8 Å². The van der Waals surface area contributed by atoms with Gasteiger partial charge in [-0.05, 0) is 76.7 Å². The summed E-state index contributed by atoms with van der Waals surface area (Å²) in [4.78, 5) is 37.5. The third-order valence-corrected chi connectivity index (χ3v) is 13.0. The second-order valence-electron chi connectivity index (χ2n) is 19.8. The fraction of sp³-hybridized carbons (Fsp3) is 0.789. The molecule has 3 atom stereocenters. The molecule has 0 aromatic carbocycles. The van der Waals surface area contributed by atoms with Crippen molar-refractivity contribution >= 4 is 19.7 Å². The van der Waals surface area contributed by atoms with Crippen LogP contribution in [0.2, 0.25) is 0 Å². The van der Waals surface area contributed by atoms with Crippen LogP contribution in [0.4, 0.5) is 0 Å². The van der Waals surface area contributed by atoms with Crippen LogP contribution >= 0.6 is 7.82 Å². The van der Waals surface area contributed by atoms with Gasteiger partial charge in [0.2, 0.25) is 5.91 Å². The highest BCUT2D eigenvalue weighted by atomic mass is 31.2. The number of nitrogens with one attached hydrogen (secondary N) is 1. The Balaban J connectivity index is 5.37. The number of esters is 1. The smallest absolute Gasteiger partial charge is 0.456 e. The summed E-state index contributed by atoms with van der Waals surface area (Å²) in [7, 11) is 1.48. The molecule has 0 bridgehead atoms.